The summed E-state index contributed by atoms with van der Waals surface area (Å²) in [5.41, 5.74) is 1.16. The first-order valence-corrected chi connectivity index (χ1v) is 9.20. The highest BCUT2D eigenvalue weighted by molar-refractivity contribution is 5.99. The van der Waals surface area contributed by atoms with Gasteiger partial charge in [0.2, 0.25) is 11.5 Å². The smallest absolute Gasteiger partial charge is 0.203 e. The standard InChI is InChI=1S/C22H28O7/c1-12(7-14-8-16(23)21(28-5)18(9-14)26-3)13(2)20(25)15-10-17(24)22(29-6)19(11-15)27-4/h8-13,23-24H,7H2,1-6H3. The lowest BCUT2D eigenvalue weighted by Gasteiger charge is -2.21. The molecule has 0 bridgehead atoms. The molecule has 0 saturated heterocycles. The van der Waals surface area contributed by atoms with E-state index >= 15 is 0 Å². The normalized spacial score (nSPS) is 12.8. The molecule has 0 fully saturated rings. The lowest BCUT2D eigenvalue weighted by atomic mass is 9.84. The predicted molar refractivity (Wildman–Crippen MR) is 109 cm³/mol. The van der Waals surface area contributed by atoms with Crippen LogP contribution in [0.4, 0.5) is 0 Å². The SMILES string of the molecule is COc1cc(CC(C)C(C)C(=O)c2cc(O)c(OC)c(OC)c2)cc(O)c1OC. The molecule has 0 amide bonds. The highest BCUT2D eigenvalue weighted by Gasteiger charge is 2.25. The van der Waals surface area contributed by atoms with Crippen LogP contribution in [-0.4, -0.2) is 44.4 Å². The summed E-state index contributed by atoms with van der Waals surface area (Å²) in [5, 5.41) is 20.3. The minimum absolute atomic E-state index is 0.0159. The summed E-state index contributed by atoms with van der Waals surface area (Å²) in [4.78, 5) is 13.0. The van der Waals surface area contributed by atoms with Crippen LogP contribution in [0.2, 0.25) is 0 Å². The van der Waals surface area contributed by atoms with Crippen molar-refractivity contribution in [3.8, 4) is 34.5 Å². The van der Waals surface area contributed by atoms with Crippen LogP contribution in [0.25, 0.3) is 0 Å². The number of rotatable bonds is 9. The van der Waals surface area contributed by atoms with Gasteiger partial charge in [-0.2, -0.15) is 0 Å². The highest BCUT2D eigenvalue weighted by Crippen LogP contribution is 2.40. The van der Waals surface area contributed by atoms with Crippen LogP contribution in [-0.2, 0) is 6.42 Å². The van der Waals surface area contributed by atoms with Crippen molar-refractivity contribution >= 4 is 5.78 Å². The van der Waals surface area contributed by atoms with Crippen LogP contribution in [0.5, 0.6) is 34.5 Å². The van der Waals surface area contributed by atoms with Crippen LogP contribution in [0, 0.1) is 11.8 Å². The minimum atomic E-state index is -0.345. The molecule has 29 heavy (non-hydrogen) atoms. The van der Waals surface area contributed by atoms with Crippen LogP contribution in [0.15, 0.2) is 24.3 Å². The number of ether oxygens (including phenoxy) is 4. The van der Waals surface area contributed by atoms with Crippen LogP contribution < -0.4 is 18.9 Å². The summed E-state index contributed by atoms with van der Waals surface area (Å²) in [6, 6.07) is 6.34. The van der Waals surface area contributed by atoms with Gasteiger partial charge in [0, 0.05) is 11.5 Å². The molecule has 7 nitrogen and oxygen atoms in total. The van der Waals surface area contributed by atoms with E-state index in [0.29, 0.717) is 23.5 Å². The third kappa shape index (κ3) is 4.67. The van der Waals surface area contributed by atoms with Gasteiger partial charge >= 0.3 is 0 Å². The summed E-state index contributed by atoms with van der Waals surface area (Å²) in [5.74, 6) is 0.493. The van der Waals surface area contributed by atoms with E-state index in [1.165, 1.54) is 34.5 Å². The van der Waals surface area contributed by atoms with Crippen LogP contribution in [0.1, 0.15) is 29.8 Å². The maximum Gasteiger partial charge on any atom is 0.203 e. The number of phenols is 2. The van der Waals surface area contributed by atoms with Crippen molar-refractivity contribution in [3.63, 3.8) is 0 Å². The lowest BCUT2D eigenvalue weighted by molar-refractivity contribution is 0.0892. The number of carbonyl (C=O) groups is 1. The maximum absolute atomic E-state index is 13.0. The van der Waals surface area contributed by atoms with Crippen LogP contribution in [0.3, 0.4) is 0 Å². The fourth-order valence-electron chi connectivity index (χ4n) is 3.27. The third-order valence-corrected chi connectivity index (χ3v) is 5.09. The van der Waals surface area contributed by atoms with Gasteiger partial charge in [-0.05, 0) is 42.2 Å². The largest absolute Gasteiger partial charge is 0.504 e. The van der Waals surface area contributed by atoms with Gasteiger partial charge in [0.25, 0.3) is 0 Å². The van der Waals surface area contributed by atoms with Gasteiger partial charge in [0.1, 0.15) is 0 Å². The Bertz CT molecular complexity index is 876. The Labute approximate surface area is 170 Å². The minimum Gasteiger partial charge on any atom is -0.504 e. The molecule has 0 spiro atoms. The number of ketones is 1. The van der Waals surface area contributed by atoms with E-state index < -0.39 is 0 Å². The number of methoxy groups -OCH3 is 4. The molecular weight excluding hydrogens is 376 g/mol. The van der Waals surface area contributed by atoms with Crippen molar-refractivity contribution in [3.05, 3.63) is 35.4 Å². The van der Waals surface area contributed by atoms with E-state index in [-0.39, 0.29) is 40.6 Å². The molecule has 0 aromatic heterocycles. The second-order valence-corrected chi connectivity index (χ2v) is 6.92. The molecule has 0 saturated carbocycles. The van der Waals surface area contributed by atoms with Gasteiger partial charge in [0.15, 0.2) is 28.8 Å². The van der Waals surface area contributed by atoms with Crippen molar-refractivity contribution in [2.45, 2.75) is 20.3 Å². The van der Waals surface area contributed by atoms with Crippen molar-refractivity contribution < 1.29 is 34.0 Å². The van der Waals surface area contributed by atoms with Gasteiger partial charge < -0.3 is 29.2 Å². The summed E-state index contributed by atoms with van der Waals surface area (Å²) >= 11 is 0. The van der Waals surface area contributed by atoms with E-state index in [1.54, 1.807) is 18.2 Å². The molecular formula is C22H28O7. The lowest BCUT2D eigenvalue weighted by Crippen LogP contribution is -2.21. The summed E-state index contributed by atoms with van der Waals surface area (Å²) in [6.45, 7) is 3.79. The second kappa shape index (κ2) is 9.41. The number of aromatic hydroxyl groups is 2. The summed E-state index contributed by atoms with van der Waals surface area (Å²) < 4.78 is 20.7. The quantitative estimate of drug-likeness (QED) is 0.613. The first kappa shape index (κ1) is 22.2. The average molecular weight is 404 g/mol. The number of hydrogen-bond acceptors (Lipinski definition) is 7. The molecule has 2 aromatic rings. The number of benzene rings is 2. The van der Waals surface area contributed by atoms with E-state index in [9.17, 15) is 15.0 Å². The molecule has 0 heterocycles. The number of phenolic OH excluding ortho intramolecular Hbond substituents is 2. The predicted octanol–water partition coefficient (Wildman–Crippen LogP) is 3.83. The molecule has 0 aliphatic rings. The molecule has 0 aliphatic heterocycles. The van der Waals surface area contributed by atoms with Gasteiger partial charge in [-0.1, -0.05) is 13.8 Å². The molecule has 2 unspecified atom stereocenters. The Balaban J connectivity index is 2.24. The molecule has 2 rings (SSSR count). The van der Waals surface area contributed by atoms with E-state index in [2.05, 4.69) is 0 Å². The van der Waals surface area contributed by atoms with Crippen molar-refractivity contribution in [2.24, 2.45) is 11.8 Å². The molecule has 158 valence electrons. The van der Waals surface area contributed by atoms with Gasteiger partial charge in [0.05, 0.1) is 28.4 Å². The first-order valence-electron chi connectivity index (χ1n) is 9.20. The Morgan fingerprint density at radius 3 is 1.86 bits per heavy atom. The number of carbonyl (C=O) groups excluding carboxylic acids is 1. The number of hydrogen-bond donors (Lipinski definition) is 2. The van der Waals surface area contributed by atoms with Crippen molar-refractivity contribution in [1.82, 2.24) is 0 Å². The van der Waals surface area contributed by atoms with E-state index in [4.69, 9.17) is 18.9 Å². The zero-order valence-electron chi connectivity index (χ0n) is 17.6. The van der Waals surface area contributed by atoms with Gasteiger partial charge in [-0.15, -0.1) is 0 Å². The van der Waals surface area contributed by atoms with E-state index in [0.717, 1.165) is 5.56 Å². The topological polar surface area (TPSA) is 94.5 Å². The fourth-order valence-corrected chi connectivity index (χ4v) is 3.27. The molecule has 7 heteroatoms. The Kier molecular flexibility index (Phi) is 7.20. The fraction of sp³-hybridized carbons (Fsp3) is 0.409. The Hall–Kier alpha value is -3.09. The second-order valence-electron chi connectivity index (χ2n) is 6.92. The molecule has 0 radical (unpaired) electrons. The Morgan fingerprint density at radius 2 is 1.34 bits per heavy atom. The maximum atomic E-state index is 13.0. The molecule has 2 N–H and O–H groups in total. The average Bonchev–Trinajstić information content (AvgIpc) is 2.71. The van der Waals surface area contributed by atoms with Crippen molar-refractivity contribution in [2.75, 3.05) is 28.4 Å². The highest BCUT2D eigenvalue weighted by atomic mass is 16.5. The third-order valence-electron chi connectivity index (χ3n) is 5.09. The summed E-state index contributed by atoms with van der Waals surface area (Å²) in [6.07, 6.45) is 0.542. The van der Waals surface area contributed by atoms with Gasteiger partial charge in [-0.3, -0.25) is 4.79 Å². The monoisotopic (exact) mass is 404 g/mol. The van der Waals surface area contributed by atoms with Gasteiger partial charge in [-0.25, -0.2) is 0 Å². The molecule has 2 aromatic carbocycles. The van der Waals surface area contributed by atoms with Crippen LogP contribution >= 0.6 is 0 Å². The first-order chi connectivity index (χ1) is 13.8. The Morgan fingerprint density at radius 1 is 0.828 bits per heavy atom. The van der Waals surface area contributed by atoms with E-state index in [1.807, 2.05) is 13.8 Å². The zero-order chi connectivity index (χ0) is 21.7. The van der Waals surface area contributed by atoms with Crippen molar-refractivity contribution in [1.29, 1.82) is 0 Å². The summed E-state index contributed by atoms with van der Waals surface area (Å²) in [7, 11) is 5.82. The zero-order valence-corrected chi connectivity index (χ0v) is 17.6. The molecule has 2 atom stereocenters. The number of Topliss-reactive ketones (excluding diaryl/α,β-unsaturated/α-hetero) is 1. The molecule has 0 aliphatic carbocycles.